The lowest BCUT2D eigenvalue weighted by Gasteiger charge is -2.21. The van der Waals surface area contributed by atoms with Gasteiger partial charge in [-0.2, -0.15) is 0 Å². The summed E-state index contributed by atoms with van der Waals surface area (Å²) in [4.78, 5) is 1.28. The zero-order valence-corrected chi connectivity index (χ0v) is 12.9. The smallest absolute Gasteiger partial charge is 0.0462 e. The summed E-state index contributed by atoms with van der Waals surface area (Å²) in [6.07, 6.45) is 0. The summed E-state index contributed by atoms with van der Waals surface area (Å²) in [6, 6.07) is 6.61. The third-order valence-electron chi connectivity index (χ3n) is 2.18. The molecule has 0 aliphatic heterocycles. The highest BCUT2D eigenvalue weighted by molar-refractivity contribution is 8.00. The van der Waals surface area contributed by atoms with Gasteiger partial charge in [-0.3, -0.25) is 0 Å². The Balaban J connectivity index is 2.92. The molecule has 17 heavy (non-hydrogen) atoms. The van der Waals surface area contributed by atoms with E-state index in [9.17, 15) is 0 Å². The van der Waals surface area contributed by atoms with E-state index in [-0.39, 0.29) is 4.75 Å². The molecule has 0 amide bonds. The SMILES string of the molecule is CC(C)NCc1c(Cl)cccc1SC(C)(C)C. The number of halogens is 1. The normalized spacial score (nSPS) is 12.2. The molecule has 0 spiro atoms. The molecule has 3 heteroatoms. The number of benzene rings is 1. The molecule has 0 aliphatic carbocycles. The fourth-order valence-electron chi connectivity index (χ4n) is 1.44. The van der Waals surface area contributed by atoms with Gasteiger partial charge in [0, 0.05) is 27.3 Å². The first kappa shape index (κ1) is 14.9. The van der Waals surface area contributed by atoms with Gasteiger partial charge in [0.2, 0.25) is 0 Å². The molecule has 96 valence electrons. The van der Waals surface area contributed by atoms with Crippen molar-refractivity contribution in [3.8, 4) is 0 Å². The fraction of sp³-hybridized carbons (Fsp3) is 0.571. The highest BCUT2D eigenvalue weighted by atomic mass is 35.5. The zero-order chi connectivity index (χ0) is 13.1. The highest BCUT2D eigenvalue weighted by Gasteiger charge is 2.16. The monoisotopic (exact) mass is 271 g/mol. The minimum Gasteiger partial charge on any atom is -0.310 e. The molecular weight excluding hydrogens is 250 g/mol. The Hall–Kier alpha value is -0.180. The standard InChI is InChI=1S/C14H22ClNS/c1-10(2)16-9-11-12(15)7-6-8-13(11)17-14(3,4)5/h6-8,10,16H,9H2,1-5H3. The third-order valence-corrected chi connectivity index (χ3v) is 3.75. The molecule has 1 aromatic carbocycles. The van der Waals surface area contributed by atoms with Crippen molar-refractivity contribution in [3.05, 3.63) is 28.8 Å². The summed E-state index contributed by atoms with van der Waals surface area (Å²) in [5.41, 5.74) is 1.21. The van der Waals surface area contributed by atoms with Crippen LogP contribution in [0.25, 0.3) is 0 Å². The average molecular weight is 272 g/mol. The summed E-state index contributed by atoms with van der Waals surface area (Å²) in [5, 5.41) is 4.29. The molecule has 0 saturated heterocycles. The molecule has 0 fully saturated rings. The minimum atomic E-state index is 0.206. The van der Waals surface area contributed by atoms with Gasteiger partial charge in [-0.25, -0.2) is 0 Å². The number of hydrogen-bond acceptors (Lipinski definition) is 2. The van der Waals surface area contributed by atoms with Crippen LogP contribution in [0.3, 0.4) is 0 Å². The van der Waals surface area contributed by atoms with Crippen LogP contribution in [0.4, 0.5) is 0 Å². The maximum absolute atomic E-state index is 6.29. The van der Waals surface area contributed by atoms with Crippen molar-refractivity contribution in [2.75, 3.05) is 0 Å². The molecule has 1 aromatic rings. The van der Waals surface area contributed by atoms with Gasteiger partial charge in [-0.1, -0.05) is 52.3 Å². The summed E-state index contributed by atoms with van der Waals surface area (Å²) in [6.45, 7) is 11.8. The van der Waals surface area contributed by atoms with Gasteiger partial charge in [0.15, 0.2) is 0 Å². The maximum atomic E-state index is 6.29. The van der Waals surface area contributed by atoms with Crippen molar-refractivity contribution in [2.45, 2.75) is 56.8 Å². The van der Waals surface area contributed by atoms with Crippen molar-refractivity contribution in [2.24, 2.45) is 0 Å². The Kier molecular flexibility index (Phi) is 5.36. The molecule has 0 aromatic heterocycles. The van der Waals surface area contributed by atoms with E-state index in [0.29, 0.717) is 6.04 Å². The Morgan fingerprint density at radius 1 is 1.29 bits per heavy atom. The predicted molar refractivity (Wildman–Crippen MR) is 79.0 cm³/mol. The van der Waals surface area contributed by atoms with E-state index < -0.39 is 0 Å². The molecule has 0 atom stereocenters. The molecular formula is C14H22ClNS. The van der Waals surface area contributed by atoms with Gasteiger partial charge in [0.25, 0.3) is 0 Å². The Morgan fingerprint density at radius 3 is 2.47 bits per heavy atom. The Labute approximate surface area is 114 Å². The summed E-state index contributed by atoms with van der Waals surface area (Å²) in [7, 11) is 0. The minimum absolute atomic E-state index is 0.206. The molecule has 1 rings (SSSR count). The lowest BCUT2D eigenvalue weighted by Crippen LogP contribution is -2.22. The summed E-state index contributed by atoms with van der Waals surface area (Å²) in [5.74, 6) is 0. The van der Waals surface area contributed by atoms with Crippen LogP contribution in [0.15, 0.2) is 23.1 Å². The predicted octanol–water partition coefficient (Wildman–Crippen LogP) is 4.73. The second kappa shape index (κ2) is 6.12. The summed E-state index contributed by atoms with van der Waals surface area (Å²) >= 11 is 8.16. The van der Waals surface area contributed by atoms with Gasteiger partial charge in [-0.15, -0.1) is 11.8 Å². The van der Waals surface area contributed by atoms with Gasteiger partial charge in [-0.05, 0) is 17.7 Å². The van der Waals surface area contributed by atoms with Gasteiger partial charge < -0.3 is 5.32 Å². The van der Waals surface area contributed by atoms with E-state index in [1.54, 1.807) is 0 Å². The molecule has 1 nitrogen and oxygen atoms in total. The average Bonchev–Trinajstić information content (AvgIpc) is 2.13. The number of nitrogens with one attached hydrogen (secondary N) is 1. The third kappa shape index (κ3) is 5.33. The first-order valence-electron chi connectivity index (χ1n) is 5.99. The first-order chi connectivity index (χ1) is 7.79. The van der Waals surface area contributed by atoms with E-state index in [0.717, 1.165) is 11.6 Å². The topological polar surface area (TPSA) is 12.0 Å². The number of hydrogen-bond donors (Lipinski definition) is 1. The van der Waals surface area contributed by atoms with Crippen molar-refractivity contribution in [1.29, 1.82) is 0 Å². The fourth-order valence-corrected chi connectivity index (χ4v) is 2.85. The van der Waals surface area contributed by atoms with Crippen molar-refractivity contribution in [3.63, 3.8) is 0 Å². The summed E-state index contributed by atoms with van der Waals surface area (Å²) < 4.78 is 0.206. The number of thioether (sulfide) groups is 1. The van der Waals surface area contributed by atoms with Crippen molar-refractivity contribution < 1.29 is 0 Å². The number of rotatable bonds is 4. The van der Waals surface area contributed by atoms with E-state index in [2.05, 4.69) is 46.0 Å². The lowest BCUT2D eigenvalue weighted by atomic mass is 10.2. The van der Waals surface area contributed by atoms with Crippen LogP contribution < -0.4 is 5.32 Å². The Morgan fingerprint density at radius 2 is 1.94 bits per heavy atom. The molecule has 0 heterocycles. The van der Waals surface area contributed by atoms with E-state index in [1.807, 2.05) is 23.9 Å². The van der Waals surface area contributed by atoms with Crippen LogP contribution in [0.5, 0.6) is 0 Å². The maximum Gasteiger partial charge on any atom is 0.0462 e. The molecule has 0 unspecified atom stereocenters. The van der Waals surface area contributed by atoms with Crippen LogP contribution in [-0.4, -0.2) is 10.8 Å². The lowest BCUT2D eigenvalue weighted by molar-refractivity contribution is 0.584. The van der Waals surface area contributed by atoms with Crippen LogP contribution in [0.2, 0.25) is 5.02 Å². The van der Waals surface area contributed by atoms with Crippen LogP contribution in [0, 0.1) is 0 Å². The molecule has 0 aliphatic rings. The second-order valence-corrected chi connectivity index (χ2v) is 7.74. The molecule has 0 bridgehead atoms. The van der Waals surface area contributed by atoms with E-state index >= 15 is 0 Å². The van der Waals surface area contributed by atoms with Crippen molar-refractivity contribution >= 4 is 23.4 Å². The second-order valence-electron chi connectivity index (χ2n) is 5.47. The van der Waals surface area contributed by atoms with Crippen LogP contribution in [-0.2, 0) is 6.54 Å². The first-order valence-corrected chi connectivity index (χ1v) is 7.19. The highest BCUT2D eigenvalue weighted by Crippen LogP contribution is 2.36. The van der Waals surface area contributed by atoms with Gasteiger partial charge in [0.1, 0.15) is 0 Å². The molecule has 1 N–H and O–H groups in total. The molecule has 0 saturated carbocycles. The largest absolute Gasteiger partial charge is 0.310 e. The van der Waals surface area contributed by atoms with Crippen LogP contribution in [0.1, 0.15) is 40.2 Å². The van der Waals surface area contributed by atoms with E-state index in [4.69, 9.17) is 11.6 Å². The van der Waals surface area contributed by atoms with E-state index in [1.165, 1.54) is 10.5 Å². The quantitative estimate of drug-likeness (QED) is 0.795. The van der Waals surface area contributed by atoms with Gasteiger partial charge in [0.05, 0.1) is 0 Å². The van der Waals surface area contributed by atoms with Crippen LogP contribution >= 0.6 is 23.4 Å². The van der Waals surface area contributed by atoms with Gasteiger partial charge >= 0.3 is 0 Å². The van der Waals surface area contributed by atoms with Crippen molar-refractivity contribution in [1.82, 2.24) is 5.32 Å². The zero-order valence-electron chi connectivity index (χ0n) is 11.3. The molecule has 0 radical (unpaired) electrons. The Bertz CT molecular complexity index is 369.